The highest BCUT2D eigenvalue weighted by atomic mass is 32.1. The SMILES string of the molecule is CN1CCN(C)C(Cc2nc(CC(=O)O)cs2)C1. The molecule has 2 rings (SSSR count). The molecule has 0 bridgehead atoms. The van der Waals surface area contributed by atoms with Gasteiger partial charge in [-0.15, -0.1) is 11.3 Å². The molecule has 1 fully saturated rings. The third kappa shape index (κ3) is 3.51. The van der Waals surface area contributed by atoms with Crippen molar-refractivity contribution in [3.63, 3.8) is 0 Å². The van der Waals surface area contributed by atoms with Crippen LogP contribution in [0.15, 0.2) is 5.38 Å². The summed E-state index contributed by atoms with van der Waals surface area (Å²) in [7, 11) is 4.28. The van der Waals surface area contributed by atoms with E-state index in [9.17, 15) is 4.79 Å². The highest BCUT2D eigenvalue weighted by Crippen LogP contribution is 2.16. The van der Waals surface area contributed by atoms with Crippen LogP contribution in [-0.2, 0) is 17.6 Å². The smallest absolute Gasteiger partial charge is 0.309 e. The molecule has 1 N–H and O–H groups in total. The molecule has 1 unspecified atom stereocenters. The maximum Gasteiger partial charge on any atom is 0.309 e. The number of rotatable bonds is 4. The minimum Gasteiger partial charge on any atom is -0.481 e. The van der Waals surface area contributed by atoms with Gasteiger partial charge in [0.1, 0.15) is 0 Å². The summed E-state index contributed by atoms with van der Waals surface area (Å²) in [6, 6.07) is 0.479. The third-order valence-electron chi connectivity index (χ3n) is 3.32. The molecule has 0 aromatic carbocycles. The Kier molecular flexibility index (Phi) is 4.31. The van der Waals surface area contributed by atoms with Gasteiger partial charge in [-0.05, 0) is 14.1 Å². The first-order valence-corrected chi connectivity index (χ1v) is 6.96. The van der Waals surface area contributed by atoms with E-state index in [-0.39, 0.29) is 6.42 Å². The molecule has 1 aromatic heterocycles. The number of likely N-dealkylation sites (N-methyl/N-ethyl adjacent to an activating group) is 2. The fourth-order valence-electron chi connectivity index (χ4n) is 2.20. The van der Waals surface area contributed by atoms with Crippen LogP contribution >= 0.6 is 11.3 Å². The third-order valence-corrected chi connectivity index (χ3v) is 4.24. The first-order chi connectivity index (χ1) is 8.54. The second kappa shape index (κ2) is 5.77. The van der Waals surface area contributed by atoms with Crippen molar-refractivity contribution in [3.05, 3.63) is 16.1 Å². The normalized spacial score (nSPS) is 22.2. The van der Waals surface area contributed by atoms with Gasteiger partial charge in [0.2, 0.25) is 0 Å². The Balaban J connectivity index is 1.95. The summed E-state index contributed by atoms with van der Waals surface area (Å²) >= 11 is 1.57. The predicted molar refractivity (Wildman–Crippen MR) is 71.1 cm³/mol. The summed E-state index contributed by atoms with van der Waals surface area (Å²) < 4.78 is 0. The molecule has 100 valence electrons. The zero-order chi connectivity index (χ0) is 13.1. The van der Waals surface area contributed by atoms with Crippen LogP contribution in [-0.4, -0.2) is 65.6 Å². The van der Waals surface area contributed by atoms with Crippen LogP contribution in [0.5, 0.6) is 0 Å². The lowest BCUT2D eigenvalue weighted by atomic mass is 10.1. The van der Waals surface area contributed by atoms with Gasteiger partial charge in [0.05, 0.1) is 17.1 Å². The number of hydrogen-bond acceptors (Lipinski definition) is 5. The largest absolute Gasteiger partial charge is 0.481 e. The Labute approximate surface area is 111 Å². The lowest BCUT2D eigenvalue weighted by Gasteiger charge is -2.37. The second-order valence-electron chi connectivity index (χ2n) is 4.90. The number of carboxylic acid groups (broad SMARTS) is 1. The van der Waals surface area contributed by atoms with Gasteiger partial charge in [0.25, 0.3) is 0 Å². The summed E-state index contributed by atoms with van der Waals surface area (Å²) in [5.41, 5.74) is 0.675. The zero-order valence-corrected chi connectivity index (χ0v) is 11.6. The van der Waals surface area contributed by atoms with E-state index < -0.39 is 5.97 Å². The Bertz CT molecular complexity index is 421. The Morgan fingerprint density at radius 2 is 2.33 bits per heavy atom. The van der Waals surface area contributed by atoms with E-state index in [4.69, 9.17) is 5.11 Å². The summed E-state index contributed by atoms with van der Waals surface area (Å²) in [6.07, 6.45) is 0.933. The van der Waals surface area contributed by atoms with E-state index in [0.717, 1.165) is 31.1 Å². The highest BCUT2D eigenvalue weighted by molar-refractivity contribution is 7.09. The molecule has 1 aliphatic rings. The molecule has 1 aliphatic heterocycles. The van der Waals surface area contributed by atoms with Gasteiger partial charge in [-0.3, -0.25) is 4.79 Å². The number of carboxylic acids is 1. The molecule has 0 amide bonds. The van der Waals surface area contributed by atoms with Gasteiger partial charge in [-0.2, -0.15) is 0 Å². The van der Waals surface area contributed by atoms with Crippen LogP contribution in [0.2, 0.25) is 0 Å². The molecule has 1 saturated heterocycles. The first kappa shape index (κ1) is 13.5. The van der Waals surface area contributed by atoms with Gasteiger partial charge < -0.3 is 14.9 Å². The van der Waals surface area contributed by atoms with Gasteiger partial charge in [0.15, 0.2) is 0 Å². The van der Waals surface area contributed by atoms with Crippen LogP contribution in [0.4, 0.5) is 0 Å². The van der Waals surface area contributed by atoms with Crippen molar-refractivity contribution in [1.82, 2.24) is 14.8 Å². The highest BCUT2D eigenvalue weighted by Gasteiger charge is 2.23. The average Bonchev–Trinajstić information content (AvgIpc) is 2.70. The summed E-state index contributed by atoms with van der Waals surface area (Å²) in [4.78, 5) is 19.7. The molecule has 0 spiro atoms. The van der Waals surface area contributed by atoms with E-state index in [0.29, 0.717) is 11.7 Å². The monoisotopic (exact) mass is 269 g/mol. The standard InChI is InChI=1S/C12H19N3O2S/c1-14-3-4-15(2)10(7-14)6-11-13-9(8-18-11)5-12(16)17/h8,10H,3-7H2,1-2H3,(H,16,17). The molecular formula is C12H19N3O2S. The summed E-state index contributed by atoms with van der Waals surface area (Å²) in [5.74, 6) is -0.818. The van der Waals surface area contributed by atoms with Crippen LogP contribution in [0.3, 0.4) is 0 Å². The van der Waals surface area contributed by atoms with Crippen LogP contribution in [0.1, 0.15) is 10.7 Å². The van der Waals surface area contributed by atoms with E-state index in [2.05, 4.69) is 28.9 Å². The van der Waals surface area contributed by atoms with E-state index >= 15 is 0 Å². The van der Waals surface area contributed by atoms with E-state index in [1.165, 1.54) is 0 Å². The first-order valence-electron chi connectivity index (χ1n) is 6.08. The Morgan fingerprint density at radius 3 is 3.06 bits per heavy atom. The molecule has 0 saturated carbocycles. The number of aromatic nitrogens is 1. The Morgan fingerprint density at radius 1 is 1.56 bits per heavy atom. The number of nitrogens with zero attached hydrogens (tertiary/aromatic N) is 3. The van der Waals surface area contributed by atoms with Crippen LogP contribution in [0, 0.1) is 0 Å². The summed E-state index contributed by atoms with van der Waals surface area (Å²) in [6.45, 7) is 3.23. The molecule has 6 heteroatoms. The summed E-state index contributed by atoms with van der Waals surface area (Å²) in [5, 5.41) is 11.6. The second-order valence-corrected chi connectivity index (χ2v) is 5.85. The molecule has 0 radical (unpaired) electrons. The topological polar surface area (TPSA) is 56.7 Å². The van der Waals surface area contributed by atoms with Crippen molar-refractivity contribution in [3.8, 4) is 0 Å². The molecule has 2 heterocycles. The van der Waals surface area contributed by atoms with Gasteiger partial charge in [-0.25, -0.2) is 4.98 Å². The maximum atomic E-state index is 10.6. The van der Waals surface area contributed by atoms with Gasteiger partial charge in [0, 0.05) is 37.5 Å². The van der Waals surface area contributed by atoms with Crippen molar-refractivity contribution in [2.75, 3.05) is 33.7 Å². The van der Waals surface area contributed by atoms with Gasteiger partial charge in [-0.1, -0.05) is 0 Å². The van der Waals surface area contributed by atoms with Crippen molar-refractivity contribution in [2.45, 2.75) is 18.9 Å². The van der Waals surface area contributed by atoms with Crippen molar-refractivity contribution < 1.29 is 9.90 Å². The van der Waals surface area contributed by atoms with Crippen molar-refractivity contribution in [2.24, 2.45) is 0 Å². The number of aliphatic carboxylic acids is 1. The van der Waals surface area contributed by atoms with Crippen molar-refractivity contribution in [1.29, 1.82) is 0 Å². The molecule has 1 atom stereocenters. The lowest BCUT2D eigenvalue weighted by molar-refractivity contribution is -0.136. The van der Waals surface area contributed by atoms with E-state index in [1.54, 1.807) is 11.3 Å². The number of hydrogen-bond donors (Lipinski definition) is 1. The number of thiazole rings is 1. The molecular weight excluding hydrogens is 250 g/mol. The van der Waals surface area contributed by atoms with Crippen molar-refractivity contribution >= 4 is 17.3 Å². The Hall–Kier alpha value is -0.980. The predicted octanol–water partition coefficient (Wildman–Crippen LogP) is 0.558. The zero-order valence-electron chi connectivity index (χ0n) is 10.8. The maximum absolute atomic E-state index is 10.6. The quantitative estimate of drug-likeness (QED) is 0.865. The number of piperazine rings is 1. The minimum absolute atomic E-state index is 0.0247. The van der Waals surface area contributed by atoms with Crippen LogP contribution in [0.25, 0.3) is 0 Å². The minimum atomic E-state index is -0.818. The van der Waals surface area contributed by atoms with Gasteiger partial charge >= 0.3 is 5.97 Å². The fourth-order valence-corrected chi connectivity index (χ4v) is 3.07. The fraction of sp³-hybridized carbons (Fsp3) is 0.667. The van der Waals surface area contributed by atoms with Crippen LogP contribution < -0.4 is 0 Å². The average molecular weight is 269 g/mol. The van der Waals surface area contributed by atoms with E-state index in [1.807, 2.05) is 5.38 Å². The molecule has 18 heavy (non-hydrogen) atoms. The number of carbonyl (C=O) groups is 1. The molecule has 5 nitrogen and oxygen atoms in total. The molecule has 0 aliphatic carbocycles. The lowest BCUT2D eigenvalue weighted by Crippen LogP contribution is -2.50. The molecule has 1 aromatic rings.